The number of rotatable bonds is 31. The lowest BCUT2D eigenvalue weighted by molar-refractivity contribution is 0.217. The SMILES string of the molecule is CCCCCCCCCCCCCCCCCCCCCCCCCCCCC(CO)NCCO. The second-order valence-electron chi connectivity index (χ2n) is 11.2. The third kappa shape index (κ3) is 30.0. The lowest BCUT2D eigenvalue weighted by Gasteiger charge is -2.15. The fourth-order valence-electron chi connectivity index (χ4n) is 5.23. The molecule has 0 heterocycles. The Hall–Kier alpha value is -0.120. The van der Waals surface area contributed by atoms with E-state index in [1.807, 2.05) is 0 Å². The van der Waals surface area contributed by atoms with E-state index in [0.717, 1.165) is 6.42 Å². The van der Waals surface area contributed by atoms with Crippen LogP contribution < -0.4 is 5.32 Å². The van der Waals surface area contributed by atoms with Crippen molar-refractivity contribution in [3.8, 4) is 0 Å². The summed E-state index contributed by atoms with van der Waals surface area (Å²) in [5.74, 6) is 0. The molecular formula is C32H67NO2. The van der Waals surface area contributed by atoms with Gasteiger partial charge in [0.2, 0.25) is 0 Å². The minimum atomic E-state index is 0.149. The third-order valence-corrected chi connectivity index (χ3v) is 7.67. The Balaban J connectivity index is 3.09. The summed E-state index contributed by atoms with van der Waals surface area (Å²) in [6.45, 7) is 3.22. The minimum absolute atomic E-state index is 0.149. The molecule has 0 saturated heterocycles. The Morgan fingerprint density at radius 3 is 0.971 bits per heavy atom. The fourth-order valence-corrected chi connectivity index (χ4v) is 5.23. The van der Waals surface area contributed by atoms with Gasteiger partial charge in [-0.3, -0.25) is 0 Å². The zero-order chi connectivity index (χ0) is 25.5. The molecule has 1 unspecified atom stereocenters. The second kappa shape index (κ2) is 31.9. The molecule has 3 heteroatoms. The highest BCUT2D eigenvalue weighted by atomic mass is 16.3. The third-order valence-electron chi connectivity index (χ3n) is 7.67. The maximum atomic E-state index is 9.30. The van der Waals surface area contributed by atoms with Crippen LogP contribution >= 0.6 is 0 Å². The largest absolute Gasteiger partial charge is 0.395 e. The molecule has 0 bridgehead atoms. The van der Waals surface area contributed by atoms with E-state index in [1.165, 1.54) is 167 Å². The predicted molar refractivity (Wildman–Crippen MR) is 156 cm³/mol. The molecular weight excluding hydrogens is 430 g/mol. The highest BCUT2D eigenvalue weighted by Crippen LogP contribution is 2.16. The highest BCUT2D eigenvalue weighted by molar-refractivity contribution is 4.65. The maximum absolute atomic E-state index is 9.30. The highest BCUT2D eigenvalue weighted by Gasteiger charge is 2.05. The van der Waals surface area contributed by atoms with E-state index in [9.17, 15) is 5.11 Å². The van der Waals surface area contributed by atoms with Crippen LogP contribution in [0.1, 0.15) is 180 Å². The average molecular weight is 498 g/mol. The van der Waals surface area contributed by atoms with Gasteiger partial charge in [0.25, 0.3) is 0 Å². The molecule has 0 aromatic heterocycles. The van der Waals surface area contributed by atoms with Crippen molar-refractivity contribution in [1.82, 2.24) is 5.32 Å². The van der Waals surface area contributed by atoms with E-state index in [0.29, 0.717) is 6.54 Å². The van der Waals surface area contributed by atoms with Crippen LogP contribution in [-0.2, 0) is 0 Å². The van der Waals surface area contributed by atoms with Gasteiger partial charge in [-0.15, -0.1) is 0 Å². The van der Waals surface area contributed by atoms with Crippen molar-refractivity contribution in [2.75, 3.05) is 19.8 Å². The van der Waals surface area contributed by atoms with Crippen molar-refractivity contribution < 1.29 is 10.2 Å². The van der Waals surface area contributed by atoms with Gasteiger partial charge >= 0.3 is 0 Å². The van der Waals surface area contributed by atoms with Gasteiger partial charge in [-0.2, -0.15) is 0 Å². The minimum Gasteiger partial charge on any atom is -0.395 e. The molecule has 3 N–H and O–H groups in total. The molecule has 0 radical (unpaired) electrons. The molecule has 0 spiro atoms. The summed E-state index contributed by atoms with van der Waals surface area (Å²) < 4.78 is 0. The van der Waals surface area contributed by atoms with Gasteiger partial charge in [0, 0.05) is 12.6 Å². The predicted octanol–water partition coefficient (Wildman–Crippen LogP) is 9.48. The smallest absolute Gasteiger partial charge is 0.0584 e. The lowest BCUT2D eigenvalue weighted by Crippen LogP contribution is -2.34. The van der Waals surface area contributed by atoms with Crippen LogP contribution in [0.3, 0.4) is 0 Å². The summed E-state index contributed by atoms with van der Waals surface area (Å²) in [5.41, 5.74) is 0. The van der Waals surface area contributed by atoms with Crippen LogP contribution in [0, 0.1) is 0 Å². The topological polar surface area (TPSA) is 52.5 Å². The van der Waals surface area contributed by atoms with Crippen LogP contribution in [0.25, 0.3) is 0 Å². The summed E-state index contributed by atoms with van der Waals surface area (Å²) >= 11 is 0. The van der Waals surface area contributed by atoms with Gasteiger partial charge in [0.05, 0.1) is 13.2 Å². The fraction of sp³-hybridized carbons (Fsp3) is 1.00. The average Bonchev–Trinajstić information content (AvgIpc) is 2.88. The van der Waals surface area contributed by atoms with Crippen LogP contribution in [0.5, 0.6) is 0 Å². The number of hydrogen-bond acceptors (Lipinski definition) is 3. The van der Waals surface area contributed by atoms with Crippen molar-refractivity contribution in [2.45, 2.75) is 186 Å². The molecule has 0 rings (SSSR count). The van der Waals surface area contributed by atoms with E-state index in [-0.39, 0.29) is 19.3 Å². The van der Waals surface area contributed by atoms with Crippen LogP contribution in [0.2, 0.25) is 0 Å². The number of hydrogen-bond donors (Lipinski definition) is 3. The molecule has 1 atom stereocenters. The normalized spacial score (nSPS) is 12.4. The molecule has 0 fully saturated rings. The van der Waals surface area contributed by atoms with E-state index in [2.05, 4.69) is 12.2 Å². The molecule has 35 heavy (non-hydrogen) atoms. The molecule has 0 saturated carbocycles. The van der Waals surface area contributed by atoms with Crippen LogP contribution in [0.15, 0.2) is 0 Å². The monoisotopic (exact) mass is 498 g/mol. The molecule has 0 amide bonds. The van der Waals surface area contributed by atoms with Crippen molar-refractivity contribution in [3.63, 3.8) is 0 Å². The number of aliphatic hydroxyl groups excluding tert-OH is 2. The van der Waals surface area contributed by atoms with Gasteiger partial charge in [-0.05, 0) is 6.42 Å². The first kappa shape index (κ1) is 34.9. The summed E-state index contributed by atoms with van der Waals surface area (Å²) in [6.07, 6.45) is 38.1. The van der Waals surface area contributed by atoms with Crippen molar-refractivity contribution in [2.24, 2.45) is 0 Å². The van der Waals surface area contributed by atoms with E-state index in [4.69, 9.17) is 5.11 Å². The van der Waals surface area contributed by atoms with Gasteiger partial charge < -0.3 is 15.5 Å². The zero-order valence-electron chi connectivity index (χ0n) is 24.2. The zero-order valence-corrected chi connectivity index (χ0v) is 24.2. The number of unbranched alkanes of at least 4 members (excludes halogenated alkanes) is 25. The first-order valence-electron chi connectivity index (χ1n) is 16.3. The van der Waals surface area contributed by atoms with E-state index in [1.54, 1.807) is 0 Å². The molecule has 0 aliphatic carbocycles. The first-order valence-corrected chi connectivity index (χ1v) is 16.3. The summed E-state index contributed by atoms with van der Waals surface area (Å²) in [6, 6.07) is 0.163. The lowest BCUT2D eigenvalue weighted by atomic mass is 10.0. The number of nitrogens with one attached hydrogen (secondary N) is 1. The van der Waals surface area contributed by atoms with Crippen LogP contribution in [0.4, 0.5) is 0 Å². The van der Waals surface area contributed by atoms with Gasteiger partial charge in [0.15, 0.2) is 0 Å². The Kier molecular flexibility index (Phi) is 31.8. The summed E-state index contributed by atoms with van der Waals surface area (Å²) in [4.78, 5) is 0. The van der Waals surface area contributed by atoms with Gasteiger partial charge in [-0.1, -0.05) is 174 Å². The van der Waals surface area contributed by atoms with Crippen molar-refractivity contribution in [3.05, 3.63) is 0 Å². The molecule has 0 aromatic rings. The summed E-state index contributed by atoms with van der Waals surface area (Å²) in [5, 5.41) is 21.3. The molecule has 0 aromatic carbocycles. The maximum Gasteiger partial charge on any atom is 0.0584 e. The van der Waals surface area contributed by atoms with Gasteiger partial charge in [-0.25, -0.2) is 0 Å². The molecule has 0 aliphatic rings. The summed E-state index contributed by atoms with van der Waals surface area (Å²) in [7, 11) is 0. The first-order chi connectivity index (χ1) is 17.3. The van der Waals surface area contributed by atoms with Crippen molar-refractivity contribution >= 4 is 0 Å². The Bertz CT molecular complexity index is 363. The molecule has 212 valence electrons. The standard InChI is InChI=1S/C32H67NO2/c1-2-3-4-5-6-7-8-9-10-11-12-13-14-15-16-17-18-19-20-21-22-23-24-25-26-27-28-32(31-35)33-29-30-34/h32-35H,2-31H2,1H3. The second-order valence-corrected chi connectivity index (χ2v) is 11.2. The van der Waals surface area contributed by atoms with Gasteiger partial charge in [0.1, 0.15) is 0 Å². The Morgan fingerprint density at radius 2 is 0.714 bits per heavy atom. The Morgan fingerprint density at radius 1 is 0.429 bits per heavy atom. The Labute approximate surface area is 221 Å². The van der Waals surface area contributed by atoms with E-state index >= 15 is 0 Å². The number of aliphatic hydroxyl groups is 2. The van der Waals surface area contributed by atoms with Crippen molar-refractivity contribution in [1.29, 1.82) is 0 Å². The van der Waals surface area contributed by atoms with Crippen LogP contribution in [-0.4, -0.2) is 36.0 Å². The molecule has 0 aliphatic heterocycles. The van der Waals surface area contributed by atoms with E-state index < -0.39 is 0 Å². The quantitative estimate of drug-likeness (QED) is 0.0836. The molecule has 3 nitrogen and oxygen atoms in total.